The Hall–Kier alpha value is -2.31. The van der Waals surface area contributed by atoms with Crippen LogP contribution < -0.4 is 9.86 Å². The lowest BCUT2D eigenvalue weighted by Gasteiger charge is -2.23. The van der Waals surface area contributed by atoms with Crippen molar-refractivity contribution in [1.29, 1.82) is 0 Å². The van der Waals surface area contributed by atoms with Crippen LogP contribution in [0, 0.1) is 6.92 Å². The van der Waals surface area contributed by atoms with E-state index in [0.717, 1.165) is 0 Å². The van der Waals surface area contributed by atoms with Crippen LogP contribution >= 0.6 is 11.6 Å². The number of H-pyrrole nitrogens is 1. The van der Waals surface area contributed by atoms with Crippen molar-refractivity contribution in [3.63, 3.8) is 0 Å². The maximum absolute atomic E-state index is 13.2. The number of pyridine rings is 1. The lowest BCUT2D eigenvalue weighted by Crippen LogP contribution is -2.31. The smallest absolute Gasteiger partial charge is 0.265 e. The van der Waals surface area contributed by atoms with Crippen LogP contribution in [0.2, 0.25) is 5.02 Å². The van der Waals surface area contributed by atoms with E-state index >= 15 is 0 Å². The fourth-order valence-electron chi connectivity index (χ4n) is 2.83. The first kappa shape index (κ1) is 17.5. The summed E-state index contributed by atoms with van der Waals surface area (Å²) in [6, 6.07) is 13.3. The van der Waals surface area contributed by atoms with E-state index in [2.05, 4.69) is 4.98 Å². The molecule has 3 rings (SSSR count). The van der Waals surface area contributed by atoms with Gasteiger partial charge in [0.25, 0.3) is 10.0 Å². The monoisotopic (exact) mass is 376 g/mol. The Morgan fingerprint density at radius 1 is 1.12 bits per heavy atom. The van der Waals surface area contributed by atoms with E-state index in [-0.39, 0.29) is 22.0 Å². The quantitative estimate of drug-likeness (QED) is 0.754. The fourth-order valence-corrected chi connectivity index (χ4v) is 4.83. The number of aromatic amines is 1. The van der Waals surface area contributed by atoms with Gasteiger partial charge in [-0.2, -0.15) is 0 Å². The number of anilines is 1. The van der Waals surface area contributed by atoms with Gasteiger partial charge in [0.2, 0.25) is 5.56 Å². The summed E-state index contributed by atoms with van der Waals surface area (Å²) >= 11 is 6.25. The van der Waals surface area contributed by atoms with Crippen LogP contribution in [0.5, 0.6) is 0 Å². The number of nitrogens with zero attached hydrogens (tertiary/aromatic N) is 1. The Bertz CT molecular complexity index is 1090. The van der Waals surface area contributed by atoms with Gasteiger partial charge in [0.15, 0.2) is 0 Å². The minimum Gasteiger partial charge on any atom is -0.322 e. The van der Waals surface area contributed by atoms with Crippen LogP contribution in [-0.4, -0.2) is 19.9 Å². The summed E-state index contributed by atoms with van der Waals surface area (Å²) in [5.74, 6) is 0. The molecule has 1 heterocycles. The van der Waals surface area contributed by atoms with Crippen molar-refractivity contribution in [3.8, 4) is 0 Å². The maximum atomic E-state index is 13.2. The van der Waals surface area contributed by atoms with Gasteiger partial charge in [-0.3, -0.25) is 9.10 Å². The van der Waals surface area contributed by atoms with Crippen LogP contribution in [0.1, 0.15) is 12.5 Å². The van der Waals surface area contributed by atoms with Crippen LogP contribution in [0.15, 0.2) is 58.2 Å². The largest absolute Gasteiger partial charge is 0.322 e. The predicted octanol–water partition coefficient (Wildman–Crippen LogP) is 3.71. The molecule has 0 saturated carbocycles. The maximum Gasteiger partial charge on any atom is 0.265 e. The van der Waals surface area contributed by atoms with E-state index in [9.17, 15) is 13.2 Å². The molecule has 2 aromatic carbocycles. The zero-order valence-electron chi connectivity index (χ0n) is 13.8. The Morgan fingerprint density at radius 3 is 2.44 bits per heavy atom. The third-order valence-corrected chi connectivity index (χ3v) is 6.37. The Balaban J connectivity index is 2.23. The van der Waals surface area contributed by atoms with E-state index in [1.54, 1.807) is 38.1 Å². The summed E-state index contributed by atoms with van der Waals surface area (Å²) in [6.45, 7) is 3.80. The standard InChI is InChI=1S/C18H17ClN2O3S/c1-3-21(13-7-5-4-6-8-13)25(23,24)17-10-14-12(2)9-18(22)20-16(14)11-15(17)19/h4-11H,3H2,1-2H3,(H,20,22). The molecule has 0 saturated heterocycles. The van der Waals surface area contributed by atoms with Gasteiger partial charge in [-0.25, -0.2) is 8.42 Å². The van der Waals surface area contributed by atoms with Gasteiger partial charge < -0.3 is 4.98 Å². The number of fused-ring (bicyclic) bond motifs is 1. The average Bonchev–Trinajstić information content (AvgIpc) is 2.55. The lowest BCUT2D eigenvalue weighted by atomic mass is 10.1. The van der Waals surface area contributed by atoms with Gasteiger partial charge in [-0.1, -0.05) is 29.8 Å². The Labute approximate surface area is 150 Å². The average molecular weight is 377 g/mol. The van der Waals surface area contributed by atoms with Crippen molar-refractivity contribution < 1.29 is 8.42 Å². The molecule has 0 atom stereocenters. The number of halogens is 1. The molecule has 0 unspecified atom stereocenters. The molecule has 5 nitrogen and oxygen atoms in total. The van der Waals surface area contributed by atoms with Crippen molar-refractivity contribution in [3.05, 3.63) is 69.5 Å². The molecular weight excluding hydrogens is 360 g/mol. The second-order valence-electron chi connectivity index (χ2n) is 5.65. The molecular formula is C18H17ClN2O3S. The van der Waals surface area contributed by atoms with Crippen LogP contribution in [0.4, 0.5) is 5.69 Å². The van der Waals surface area contributed by atoms with Crippen molar-refractivity contribution >= 4 is 38.2 Å². The van der Waals surface area contributed by atoms with Crippen LogP contribution in [-0.2, 0) is 10.0 Å². The van der Waals surface area contributed by atoms with Gasteiger partial charge in [0.05, 0.1) is 16.2 Å². The zero-order chi connectivity index (χ0) is 18.2. The molecule has 0 aliphatic heterocycles. The highest BCUT2D eigenvalue weighted by molar-refractivity contribution is 7.93. The number of nitrogens with one attached hydrogen (secondary N) is 1. The van der Waals surface area contributed by atoms with Gasteiger partial charge in [0, 0.05) is 18.0 Å². The van der Waals surface area contributed by atoms with Crippen LogP contribution in [0.25, 0.3) is 10.9 Å². The van der Waals surface area contributed by atoms with Gasteiger partial charge >= 0.3 is 0 Å². The molecule has 0 amide bonds. The normalized spacial score (nSPS) is 11.6. The topological polar surface area (TPSA) is 70.2 Å². The third-order valence-electron chi connectivity index (χ3n) is 4.00. The summed E-state index contributed by atoms with van der Waals surface area (Å²) in [4.78, 5) is 14.3. The summed E-state index contributed by atoms with van der Waals surface area (Å²) in [5.41, 5.74) is 1.52. The van der Waals surface area contributed by atoms with E-state index in [1.807, 2.05) is 6.07 Å². The zero-order valence-corrected chi connectivity index (χ0v) is 15.4. The third kappa shape index (κ3) is 3.15. The number of aromatic nitrogens is 1. The van der Waals surface area contributed by atoms with Crippen molar-refractivity contribution in [2.45, 2.75) is 18.7 Å². The van der Waals surface area contributed by atoms with E-state index in [1.165, 1.54) is 22.5 Å². The molecule has 1 aromatic heterocycles. The molecule has 0 aliphatic carbocycles. The molecule has 0 bridgehead atoms. The van der Waals surface area contributed by atoms with E-state index < -0.39 is 10.0 Å². The molecule has 0 radical (unpaired) electrons. The highest BCUT2D eigenvalue weighted by Crippen LogP contribution is 2.31. The summed E-state index contributed by atoms with van der Waals surface area (Å²) in [6.07, 6.45) is 0. The molecule has 130 valence electrons. The molecule has 0 fully saturated rings. The van der Waals surface area contributed by atoms with E-state index in [4.69, 9.17) is 11.6 Å². The first-order valence-corrected chi connectivity index (χ1v) is 9.57. The molecule has 1 N–H and O–H groups in total. The molecule has 7 heteroatoms. The second kappa shape index (κ2) is 6.54. The summed E-state index contributed by atoms with van der Waals surface area (Å²) < 4.78 is 27.7. The van der Waals surface area contributed by atoms with Gasteiger partial charge in [0.1, 0.15) is 4.90 Å². The Morgan fingerprint density at radius 2 is 1.80 bits per heavy atom. The second-order valence-corrected chi connectivity index (χ2v) is 7.89. The predicted molar refractivity (Wildman–Crippen MR) is 101 cm³/mol. The van der Waals surface area contributed by atoms with Crippen molar-refractivity contribution in [2.75, 3.05) is 10.8 Å². The SMILES string of the molecule is CCN(c1ccccc1)S(=O)(=O)c1cc2c(C)cc(=O)[nH]c2cc1Cl. The number of benzene rings is 2. The first-order chi connectivity index (χ1) is 11.8. The number of rotatable bonds is 4. The van der Waals surface area contributed by atoms with Gasteiger partial charge in [-0.15, -0.1) is 0 Å². The molecule has 0 aliphatic rings. The first-order valence-electron chi connectivity index (χ1n) is 7.75. The number of aryl methyl sites for hydroxylation is 1. The van der Waals surface area contributed by atoms with Crippen LogP contribution in [0.3, 0.4) is 0 Å². The number of sulfonamides is 1. The van der Waals surface area contributed by atoms with E-state index in [0.29, 0.717) is 22.2 Å². The highest BCUT2D eigenvalue weighted by Gasteiger charge is 2.26. The van der Waals surface area contributed by atoms with Gasteiger partial charge in [-0.05, 0) is 43.7 Å². The molecule has 3 aromatic rings. The minimum atomic E-state index is -3.84. The van der Waals surface area contributed by atoms with Crippen molar-refractivity contribution in [2.24, 2.45) is 0 Å². The molecule has 0 spiro atoms. The lowest BCUT2D eigenvalue weighted by molar-refractivity contribution is 0.592. The van der Waals surface area contributed by atoms with Crippen molar-refractivity contribution in [1.82, 2.24) is 4.98 Å². The fraction of sp³-hybridized carbons (Fsp3) is 0.167. The number of hydrogen-bond acceptors (Lipinski definition) is 3. The Kier molecular flexibility index (Phi) is 4.58. The molecule has 25 heavy (non-hydrogen) atoms. The summed E-state index contributed by atoms with van der Waals surface area (Å²) in [5, 5.41) is 0.717. The summed E-state index contributed by atoms with van der Waals surface area (Å²) in [7, 11) is -3.84. The number of hydrogen-bond donors (Lipinski definition) is 1. The number of para-hydroxylation sites is 1. The minimum absolute atomic E-state index is 0.0162. The highest BCUT2D eigenvalue weighted by atomic mass is 35.5.